The third-order valence-corrected chi connectivity index (χ3v) is 4.03. The molecule has 6 heteroatoms. The first kappa shape index (κ1) is 14.7. The molecule has 0 spiro atoms. The minimum absolute atomic E-state index is 0.125. The number of rotatable bonds is 5. The molecule has 2 rings (SSSR count). The zero-order valence-corrected chi connectivity index (χ0v) is 11.3. The highest BCUT2D eigenvalue weighted by atomic mass is 16.5. The molecule has 20 heavy (non-hydrogen) atoms. The number of nitrogens with one attached hydrogen (secondary N) is 1. The van der Waals surface area contributed by atoms with Crippen LogP contribution >= 0.6 is 0 Å². The van der Waals surface area contributed by atoms with Gasteiger partial charge in [-0.3, -0.25) is 4.79 Å². The number of carbonyl (C=O) groups is 2. The van der Waals surface area contributed by atoms with Gasteiger partial charge in [-0.15, -0.1) is 11.8 Å². The van der Waals surface area contributed by atoms with Crippen LogP contribution in [0.1, 0.15) is 25.7 Å². The molecule has 0 aliphatic heterocycles. The van der Waals surface area contributed by atoms with Gasteiger partial charge in [0.1, 0.15) is 6.04 Å². The largest absolute Gasteiger partial charge is 0.480 e. The molecular weight excluding hydrogens is 260 g/mol. The number of hydrogen-bond acceptors (Lipinski definition) is 4. The van der Waals surface area contributed by atoms with E-state index < -0.39 is 18.1 Å². The van der Waals surface area contributed by atoms with Gasteiger partial charge in [0, 0.05) is 19.4 Å². The van der Waals surface area contributed by atoms with E-state index in [1.54, 1.807) is 0 Å². The normalized spacial score (nSPS) is 28.8. The second-order valence-electron chi connectivity index (χ2n) is 5.35. The fourth-order valence-electron chi connectivity index (χ4n) is 2.79. The van der Waals surface area contributed by atoms with Crippen molar-refractivity contribution in [3.8, 4) is 11.8 Å². The quantitative estimate of drug-likeness (QED) is 0.639. The Morgan fingerprint density at radius 2 is 1.90 bits per heavy atom. The van der Waals surface area contributed by atoms with Gasteiger partial charge < -0.3 is 20.9 Å². The van der Waals surface area contributed by atoms with Gasteiger partial charge in [0.2, 0.25) is 0 Å². The molecule has 6 nitrogen and oxygen atoms in total. The number of carbonyl (C=O) groups excluding carboxylic acids is 1. The Hall–Kier alpha value is -1.74. The summed E-state index contributed by atoms with van der Waals surface area (Å²) in [4.78, 5) is 21.9. The third-order valence-electron chi connectivity index (χ3n) is 4.03. The molecule has 1 saturated carbocycles. The lowest BCUT2D eigenvalue weighted by molar-refractivity contribution is -0.138. The Kier molecular flexibility index (Phi) is 4.85. The SMILES string of the molecule is N[C@@H](CNC(=O)OC[C@H]1[C@@H]2CCC#CCC[C@@H]21)C(=O)O. The zero-order chi connectivity index (χ0) is 14.5. The monoisotopic (exact) mass is 280 g/mol. The lowest BCUT2D eigenvalue weighted by Crippen LogP contribution is -2.42. The van der Waals surface area contributed by atoms with Crippen LogP contribution in [-0.4, -0.2) is 36.4 Å². The summed E-state index contributed by atoms with van der Waals surface area (Å²) in [6, 6.07) is -1.10. The highest BCUT2D eigenvalue weighted by Gasteiger charge is 2.49. The summed E-state index contributed by atoms with van der Waals surface area (Å²) in [5.41, 5.74) is 5.28. The van der Waals surface area contributed by atoms with Crippen molar-refractivity contribution in [2.45, 2.75) is 31.7 Å². The van der Waals surface area contributed by atoms with Crippen LogP contribution in [0.2, 0.25) is 0 Å². The molecule has 0 heterocycles. The number of hydrogen-bond donors (Lipinski definition) is 3. The number of amides is 1. The van der Waals surface area contributed by atoms with Crippen LogP contribution in [0, 0.1) is 29.6 Å². The second-order valence-corrected chi connectivity index (χ2v) is 5.35. The van der Waals surface area contributed by atoms with Gasteiger partial charge in [-0.1, -0.05) is 0 Å². The van der Waals surface area contributed by atoms with E-state index in [4.69, 9.17) is 15.6 Å². The van der Waals surface area contributed by atoms with Crippen molar-refractivity contribution in [2.75, 3.05) is 13.2 Å². The van der Waals surface area contributed by atoms with Crippen molar-refractivity contribution in [2.24, 2.45) is 23.5 Å². The van der Waals surface area contributed by atoms with E-state index in [9.17, 15) is 9.59 Å². The fourth-order valence-corrected chi connectivity index (χ4v) is 2.79. The van der Waals surface area contributed by atoms with Gasteiger partial charge in [0.05, 0.1) is 6.61 Å². The Balaban J connectivity index is 1.64. The van der Waals surface area contributed by atoms with E-state index >= 15 is 0 Å². The maximum absolute atomic E-state index is 11.4. The molecule has 1 amide bonds. The zero-order valence-electron chi connectivity index (χ0n) is 11.3. The summed E-state index contributed by atoms with van der Waals surface area (Å²) in [7, 11) is 0. The Bertz CT molecular complexity index is 422. The van der Waals surface area contributed by atoms with E-state index in [-0.39, 0.29) is 6.54 Å². The molecule has 0 aromatic carbocycles. The standard InChI is InChI=1S/C14H20N2O4/c15-12(13(17)18)7-16-14(19)20-8-11-9-5-3-1-2-4-6-10(9)11/h9-12H,3-8,15H2,(H,16,19)(H,17,18)/t9-,10+,11+,12-/m0/s1. The third kappa shape index (κ3) is 3.87. The predicted octanol–water partition coefficient (Wildman–Crippen LogP) is 0.564. The van der Waals surface area contributed by atoms with Crippen molar-refractivity contribution < 1.29 is 19.4 Å². The summed E-state index contributed by atoms with van der Waals surface area (Å²) >= 11 is 0. The predicted molar refractivity (Wildman–Crippen MR) is 71.7 cm³/mol. The molecule has 1 fully saturated rings. The van der Waals surface area contributed by atoms with Crippen molar-refractivity contribution in [3.63, 3.8) is 0 Å². The number of aliphatic carboxylic acids is 1. The van der Waals surface area contributed by atoms with Gasteiger partial charge in [-0.05, 0) is 30.6 Å². The lowest BCUT2D eigenvalue weighted by Gasteiger charge is -2.09. The van der Waals surface area contributed by atoms with Crippen LogP contribution in [0.15, 0.2) is 0 Å². The molecule has 0 radical (unpaired) electrons. The molecule has 0 saturated heterocycles. The van der Waals surface area contributed by atoms with Gasteiger partial charge in [-0.2, -0.15) is 0 Å². The van der Waals surface area contributed by atoms with Gasteiger partial charge in [0.15, 0.2) is 0 Å². The molecule has 0 aromatic heterocycles. The Morgan fingerprint density at radius 1 is 1.30 bits per heavy atom. The Labute approximate surface area is 118 Å². The molecule has 110 valence electrons. The summed E-state index contributed by atoms with van der Waals surface area (Å²) in [6.07, 6.45) is 3.42. The smallest absolute Gasteiger partial charge is 0.407 e. The Morgan fingerprint density at radius 3 is 2.45 bits per heavy atom. The second kappa shape index (κ2) is 6.62. The molecular formula is C14H20N2O4. The molecule has 4 N–H and O–H groups in total. The first-order valence-corrected chi connectivity index (χ1v) is 6.94. The van der Waals surface area contributed by atoms with Gasteiger partial charge in [0.25, 0.3) is 0 Å². The van der Waals surface area contributed by atoms with Crippen molar-refractivity contribution in [1.82, 2.24) is 5.32 Å². The molecule has 0 bridgehead atoms. The van der Waals surface area contributed by atoms with E-state index in [0.717, 1.165) is 25.7 Å². The lowest BCUT2D eigenvalue weighted by atomic mass is 10.1. The van der Waals surface area contributed by atoms with E-state index in [2.05, 4.69) is 17.2 Å². The summed E-state index contributed by atoms with van der Waals surface area (Å²) in [5, 5.41) is 10.9. The maximum atomic E-state index is 11.4. The minimum atomic E-state index is -1.15. The molecule has 2 aliphatic carbocycles. The first-order chi connectivity index (χ1) is 9.59. The first-order valence-electron chi connectivity index (χ1n) is 6.94. The highest BCUT2D eigenvalue weighted by molar-refractivity contribution is 5.75. The summed E-state index contributed by atoms with van der Waals surface area (Å²) in [5.74, 6) is 6.79. The van der Waals surface area contributed by atoms with Crippen molar-refractivity contribution >= 4 is 12.1 Å². The molecule has 0 aromatic rings. The summed E-state index contributed by atoms with van der Waals surface area (Å²) in [6.45, 7) is 0.267. The van der Waals surface area contributed by atoms with Crippen LogP contribution in [-0.2, 0) is 9.53 Å². The van der Waals surface area contributed by atoms with E-state index in [1.807, 2.05) is 0 Å². The number of carboxylic acid groups (broad SMARTS) is 1. The molecule has 0 unspecified atom stereocenters. The minimum Gasteiger partial charge on any atom is -0.480 e. The van der Waals surface area contributed by atoms with Crippen LogP contribution < -0.4 is 11.1 Å². The highest BCUT2D eigenvalue weighted by Crippen LogP contribution is 2.52. The van der Waals surface area contributed by atoms with Crippen LogP contribution in [0.25, 0.3) is 0 Å². The molecule has 2 aliphatic rings. The number of carboxylic acids is 1. The maximum Gasteiger partial charge on any atom is 0.407 e. The van der Waals surface area contributed by atoms with Crippen molar-refractivity contribution in [3.05, 3.63) is 0 Å². The van der Waals surface area contributed by atoms with E-state index in [1.165, 1.54) is 0 Å². The summed E-state index contributed by atoms with van der Waals surface area (Å²) < 4.78 is 5.13. The van der Waals surface area contributed by atoms with E-state index in [0.29, 0.717) is 24.4 Å². The fraction of sp³-hybridized carbons (Fsp3) is 0.714. The van der Waals surface area contributed by atoms with Crippen LogP contribution in [0.5, 0.6) is 0 Å². The number of alkyl carbamates (subject to hydrolysis) is 1. The van der Waals surface area contributed by atoms with Gasteiger partial charge in [-0.25, -0.2) is 4.79 Å². The average Bonchev–Trinajstić information content (AvgIpc) is 3.03. The van der Waals surface area contributed by atoms with Crippen molar-refractivity contribution in [1.29, 1.82) is 0 Å². The topological polar surface area (TPSA) is 102 Å². The van der Waals surface area contributed by atoms with Crippen LogP contribution in [0.3, 0.4) is 0 Å². The number of fused-ring (bicyclic) bond motifs is 1. The van der Waals surface area contributed by atoms with Crippen LogP contribution in [0.4, 0.5) is 4.79 Å². The molecule has 4 atom stereocenters. The number of ether oxygens (including phenoxy) is 1. The van der Waals surface area contributed by atoms with Gasteiger partial charge >= 0.3 is 12.1 Å². The number of nitrogens with two attached hydrogens (primary N) is 1. The average molecular weight is 280 g/mol.